The van der Waals surface area contributed by atoms with Crippen molar-refractivity contribution in [3.8, 4) is 11.4 Å². The Labute approximate surface area is 155 Å². The minimum absolute atomic E-state index is 0.0386. The first-order chi connectivity index (χ1) is 13.0. The Morgan fingerprint density at radius 2 is 2.22 bits per heavy atom. The Morgan fingerprint density at radius 1 is 1.37 bits per heavy atom. The Balaban J connectivity index is 1.58. The number of nitrogens with zero attached hydrogens (tertiary/aromatic N) is 5. The summed E-state index contributed by atoms with van der Waals surface area (Å²) in [5, 5.41) is 12.4. The monoisotopic (exact) mass is 370 g/mol. The number of rotatable bonds is 4. The summed E-state index contributed by atoms with van der Waals surface area (Å²) in [5.74, 6) is 1.04. The number of benzene rings is 1. The molecule has 1 aliphatic rings. The molecule has 140 valence electrons. The van der Waals surface area contributed by atoms with Crippen LogP contribution in [0.4, 0.5) is 21.8 Å². The highest BCUT2D eigenvalue weighted by Gasteiger charge is 2.26. The smallest absolute Gasteiger partial charge is 0.229 e. The molecule has 1 atom stereocenters. The fraction of sp³-hybridized carbons (Fsp3) is 0.278. The fourth-order valence-electron chi connectivity index (χ4n) is 2.90. The van der Waals surface area contributed by atoms with Crippen molar-refractivity contribution in [1.29, 1.82) is 0 Å². The van der Waals surface area contributed by atoms with E-state index in [-0.39, 0.29) is 12.6 Å². The predicted molar refractivity (Wildman–Crippen MR) is 98.3 cm³/mol. The zero-order valence-electron chi connectivity index (χ0n) is 14.9. The van der Waals surface area contributed by atoms with Crippen LogP contribution in [0.2, 0.25) is 0 Å². The van der Waals surface area contributed by atoms with Crippen molar-refractivity contribution < 1.29 is 14.2 Å². The summed E-state index contributed by atoms with van der Waals surface area (Å²) in [4.78, 5) is 14.6. The van der Waals surface area contributed by atoms with Gasteiger partial charge in [-0.2, -0.15) is 4.98 Å². The maximum Gasteiger partial charge on any atom is 0.229 e. The molecule has 0 radical (unpaired) electrons. The van der Waals surface area contributed by atoms with Crippen molar-refractivity contribution in [3.05, 3.63) is 48.4 Å². The van der Waals surface area contributed by atoms with E-state index in [0.29, 0.717) is 35.5 Å². The van der Waals surface area contributed by atoms with Crippen LogP contribution in [0.5, 0.6) is 5.75 Å². The summed E-state index contributed by atoms with van der Waals surface area (Å²) in [6, 6.07) is 4.61. The molecule has 1 unspecified atom stereocenters. The molecule has 27 heavy (non-hydrogen) atoms. The standard InChI is InChI=1S/C18H19FN6O2/c1-11-7-25(10-21-11)15-4-3-12(5-14(15)19)22-18-20-6-16-17(23-18)24(2)13(8-26)9-27-16/h3-7,10,13,26H,8-9H2,1-2H3,(H,20,22,23). The number of hydrogen-bond acceptors (Lipinski definition) is 7. The van der Waals surface area contributed by atoms with Gasteiger partial charge < -0.3 is 24.6 Å². The molecule has 0 aliphatic carbocycles. The Hall–Kier alpha value is -3.20. The van der Waals surface area contributed by atoms with Gasteiger partial charge in [0.05, 0.1) is 36.6 Å². The number of nitrogens with one attached hydrogen (secondary N) is 1. The van der Waals surface area contributed by atoms with E-state index in [2.05, 4.69) is 20.3 Å². The highest BCUT2D eigenvalue weighted by Crippen LogP contribution is 2.31. The number of hydrogen-bond donors (Lipinski definition) is 2. The van der Waals surface area contributed by atoms with E-state index in [9.17, 15) is 9.50 Å². The number of halogens is 1. The van der Waals surface area contributed by atoms with Crippen molar-refractivity contribution in [1.82, 2.24) is 19.5 Å². The van der Waals surface area contributed by atoms with Gasteiger partial charge in [-0.05, 0) is 25.1 Å². The van der Waals surface area contributed by atoms with Gasteiger partial charge in [0.2, 0.25) is 5.95 Å². The fourth-order valence-corrected chi connectivity index (χ4v) is 2.90. The van der Waals surface area contributed by atoms with Gasteiger partial charge in [0.15, 0.2) is 11.6 Å². The number of aryl methyl sites for hydroxylation is 1. The van der Waals surface area contributed by atoms with Gasteiger partial charge in [-0.25, -0.2) is 14.4 Å². The normalized spacial score (nSPS) is 16.0. The summed E-state index contributed by atoms with van der Waals surface area (Å²) in [5.41, 5.74) is 1.74. The maximum absolute atomic E-state index is 14.5. The molecule has 0 spiro atoms. The van der Waals surface area contributed by atoms with Crippen molar-refractivity contribution in [2.45, 2.75) is 13.0 Å². The van der Waals surface area contributed by atoms with Gasteiger partial charge in [0.25, 0.3) is 0 Å². The van der Waals surface area contributed by atoms with Gasteiger partial charge in [-0.1, -0.05) is 0 Å². The third-order valence-electron chi connectivity index (χ3n) is 4.45. The Bertz CT molecular complexity index is 976. The van der Waals surface area contributed by atoms with Crippen LogP contribution in [0.1, 0.15) is 5.69 Å². The van der Waals surface area contributed by atoms with Gasteiger partial charge in [-0.3, -0.25) is 0 Å². The van der Waals surface area contributed by atoms with Crippen molar-refractivity contribution in [2.24, 2.45) is 0 Å². The van der Waals surface area contributed by atoms with Crippen LogP contribution in [-0.2, 0) is 0 Å². The number of likely N-dealkylation sites (N-methyl/N-ethyl adjacent to an activating group) is 1. The summed E-state index contributed by atoms with van der Waals surface area (Å²) in [6.45, 7) is 2.18. The van der Waals surface area contributed by atoms with Crippen molar-refractivity contribution >= 4 is 17.5 Å². The first-order valence-corrected chi connectivity index (χ1v) is 8.46. The zero-order chi connectivity index (χ0) is 19.0. The summed E-state index contributed by atoms with van der Waals surface area (Å²) in [7, 11) is 1.83. The van der Waals surface area contributed by atoms with Crippen LogP contribution in [0.25, 0.3) is 5.69 Å². The molecular weight excluding hydrogens is 351 g/mol. The van der Waals surface area contributed by atoms with Gasteiger partial charge in [-0.15, -0.1) is 0 Å². The zero-order valence-corrected chi connectivity index (χ0v) is 14.9. The van der Waals surface area contributed by atoms with Crippen LogP contribution in [0.15, 0.2) is 36.9 Å². The molecule has 3 aromatic rings. The maximum atomic E-state index is 14.5. The van der Waals surface area contributed by atoms with E-state index in [4.69, 9.17) is 4.74 Å². The molecule has 2 N–H and O–H groups in total. The average molecular weight is 370 g/mol. The molecule has 0 saturated carbocycles. The number of aliphatic hydroxyl groups is 1. The minimum atomic E-state index is -0.392. The van der Waals surface area contributed by atoms with Gasteiger partial charge in [0, 0.05) is 18.9 Å². The van der Waals surface area contributed by atoms with Crippen LogP contribution in [-0.4, -0.2) is 50.9 Å². The molecule has 0 saturated heterocycles. The second-order valence-electron chi connectivity index (χ2n) is 6.35. The number of imidazole rings is 1. The molecule has 4 rings (SSSR count). The molecule has 0 amide bonds. The SMILES string of the molecule is Cc1cn(-c2ccc(Nc3ncc4c(n3)N(C)C(CO)CO4)cc2F)cn1. The third kappa shape index (κ3) is 3.28. The van der Waals surface area contributed by atoms with Crippen LogP contribution >= 0.6 is 0 Å². The van der Waals surface area contributed by atoms with Crippen LogP contribution < -0.4 is 15.0 Å². The first kappa shape index (κ1) is 17.2. The molecule has 0 bridgehead atoms. The average Bonchev–Trinajstić information content (AvgIpc) is 3.09. The lowest BCUT2D eigenvalue weighted by Crippen LogP contribution is -2.43. The van der Waals surface area contributed by atoms with Crippen molar-refractivity contribution in [3.63, 3.8) is 0 Å². The molecule has 9 heteroatoms. The summed E-state index contributed by atoms with van der Waals surface area (Å²) >= 11 is 0. The summed E-state index contributed by atoms with van der Waals surface area (Å²) < 4.78 is 21.7. The molecule has 1 aromatic carbocycles. The lowest BCUT2D eigenvalue weighted by Gasteiger charge is -2.33. The number of fused-ring (bicyclic) bond motifs is 1. The quantitative estimate of drug-likeness (QED) is 0.727. The highest BCUT2D eigenvalue weighted by atomic mass is 19.1. The molecule has 1 aliphatic heterocycles. The Kier molecular flexibility index (Phi) is 4.36. The van der Waals surface area contributed by atoms with E-state index in [0.717, 1.165) is 5.69 Å². The van der Waals surface area contributed by atoms with Gasteiger partial charge in [0.1, 0.15) is 12.4 Å². The number of anilines is 3. The van der Waals surface area contributed by atoms with Gasteiger partial charge >= 0.3 is 0 Å². The molecule has 3 heterocycles. The van der Waals surface area contributed by atoms with E-state index >= 15 is 0 Å². The van der Waals surface area contributed by atoms with Crippen molar-refractivity contribution in [2.75, 3.05) is 30.5 Å². The molecule has 8 nitrogen and oxygen atoms in total. The van der Waals surface area contributed by atoms with E-state index < -0.39 is 5.82 Å². The van der Waals surface area contributed by atoms with Crippen LogP contribution in [0, 0.1) is 12.7 Å². The number of aliphatic hydroxyl groups excluding tert-OH is 1. The Morgan fingerprint density at radius 3 is 2.93 bits per heavy atom. The van der Waals surface area contributed by atoms with Crippen LogP contribution in [0.3, 0.4) is 0 Å². The van der Waals surface area contributed by atoms with E-state index in [1.807, 2.05) is 18.9 Å². The first-order valence-electron chi connectivity index (χ1n) is 8.46. The third-order valence-corrected chi connectivity index (χ3v) is 4.45. The van der Waals surface area contributed by atoms with E-state index in [1.165, 1.54) is 6.07 Å². The molecular formula is C18H19FN6O2. The lowest BCUT2D eigenvalue weighted by molar-refractivity contribution is 0.189. The second kappa shape index (κ2) is 6.84. The number of ether oxygens (including phenoxy) is 1. The second-order valence-corrected chi connectivity index (χ2v) is 6.35. The summed E-state index contributed by atoms with van der Waals surface area (Å²) in [6.07, 6.45) is 4.89. The lowest BCUT2D eigenvalue weighted by atomic mass is 10.2. The molecule has 2 aromatic heterocycles. The highest BCUT2D eigenvalue weighted by molar-refractivity contribution is 5.61. The molecule has 0 fully saturated rings. The van der Waals surface area contributed by atoms with E-state index in [1.54, 1.807) is 35.4 Å². The minimum Gasteiger partial charge on any atom is -0.486 e. The number of aromatic nitrogens is 4. The predicted octanol–water partition coefficient (Wildman–Crippen LogP) is 2.04. The topological polar surface area (TPSA) is 88.3 Å². The largest absolute Gasteiger partial charge is 0.486 e.